The number of rotatable bonds is 6. The number of carbonyl (C=O) groups excluding carboxylic acids is 2. The highest BCUT2D eigenvalue weighted by Crippen LogP contribution is 2.32. The fourth-order valence-corrected chi connectivity index (χ4v) is 3.78. The summed E-state index contributed by atoms with van der Waals surface area (Å²) in [6.45, 7) is 3.41. The van der Waals surface area contributed by atoms with Gasteiger partial charge in [-0.1, -0.05) is 24.3 Å². The Bertz CT molecular complexity index is 1030. The van der Waals surface area contributed by atoms with Crippen LogP contribution >= 0.6 is 11.3 Å². The lowest BCUT2D eigenvalue weighted by Gasteiger charge is -2.21. The van der Waals surface area contributed by atoms with Crippen LogP contribution in [0.5, 0.6) is 11.5 Å². The van der Waals surface area contributed by atoms with Crippen molar-refractivity contribution in [3.05, 3.63) is 81.5 Å². The molecular weight excluding hydrogens is 400 g/mol. The largest absolute Gasteiger partial charge is 0.486 e. The van der Waals surface area contributed by atoms with E-state index in [0.717, 1.165) is 16.9 Å². The smallest absolute Gasteiger partial charge is 0.261 e. The van der Waals surface area contributed by atoms with Gasteiger partial charge in [-0.05, 0) is 53.8 Å². The van der Waals surface area contributed by atoms with Gasteiger partial charge in [0.15, 0.2) is 11.5 Å². The molecule has 0 spiro atoms. The lowest BCUT2D eigenvalue weighted by Crippen LogP contribution is -2.27. The van der Waals surface area contributed by atoms with E-state index in [-0.39, 0.29) is 17.9 Å². The second-order valence-corrected chi connectivity index (χ2v) is 7.90. The number of hydrogen-bond donors (Lipinski definition) is 2. The summed E-state index contributed by atoms with van der Waals surface area (Å²) in [5.41, 5.74) is 2.43. The number of amides is 2. The van der Waals surface area contributed by atoms with Crippen molar-refractivity contribution >= 4 is 23.2 Å². The predicted octanol–water partition coefficient (Wildman–Crippen LogP) is 3.94. The van der Waals surface area contributed by atoms with Gasteiger partial charge in [0.25, 0.3) is 11.8 Å². The van der Waals surface area contributed by atoms with E-state index < -0.39 is 0 Å². The first-order valence-corrected chi connectivity index (χ1v) is 10.6. The molecule has 2 aromatic carbocycles. The first-order chi connectivity index (χ1) is 14.6. The average Bonchev–Trinajstić information content (AvgIpc) is 3.32. The Morgan fingerprint density at radius 3 is 2.50 bits per heavy atom. The molecule has 1 atom stereocenters. The molecule has 4 rings (SSSR count). The molecule has 2 amide bonds. The van der Waals surface area contributed by atoms with E-state index >= 15 is 0 Å². The summed E-state index contributed by atoms with van der Waals surface area (Å²) in [7, 11) is 0. The zero-order chi connectivity index (χ0) is 20.9. The molecule has 2 N–H and O–H groups in total. The number of hydrogen-bond acceptors (Lipinski definition) is 5. The lowest BCUT2D eigenvalue weighted by atomic mass is 10.1. The van der Waals surface area contributed by atoms with Crippen molar-refractivity contribution in [2.45, 2.75) is 19.5 Å². The van der Waals surface area contributed by atoms with Crippen molar-refractivity contribution in [1.29, 1.82) is 0 Å². The Hall–Kier alpha value is -3.32. The molecule has 154 valence electrons. The van der Waals surface area contributed by atoms with Gasteiger partial charge in [0.05, 0.1) is 10.9 Å². The predicted molar refractivity (Wildman–Crippen MR) is 115 cm³/mol. The highest BCUT2D eigenvalue weighted by Gasteiger charge is 2.16. The van der Waals surface area contributed by atoms with Crippen LogP contribution in [0.15, 0.2) is 60.0 Å². The molecule has 0 bridgehead atoms. The zero-order valence-electron chi connectivity index (χ0n) is 16.5. The normalized spacial score (nSPS) is 13.4. The van der Waals surface area contributed by atoms with Crippen LogP contribution in [0.4, 0.5) is 0 Å². The number of fused-ring (bicyclic) bond motifs is 1. The highest BCUT2D eigenvalue weighted by molar-refractivity contribution is 7.12. The van der Waals surface area contributed by atoms with Gasteiger partial charge < -0.3 is 20.1 Å². The first-order valence-electron chi connectivity index (χ1n) is 9.71. The monoisotopic (exact) mass is 422 g/mol. The van der Waals surface area contributed by atoms with Crippen molar-refractivity contribution in [2.75, 3.05) is 13.2 Å². The number of benzene rings is 2. The molecule has 1 unspecified atom stereocenters. The summed E-state index contributed by atoms with van der Waals surface area (Å²) in [5.74, 6) is 1.17. The maximum Gasteiger partial charge on any atom is 0.261 e. The average molecular weight is 423 g/mol. The Balaban J connectivity index is 1.33. The minimum atomic E-state index is -0.182. The summed E-state index contributed by atoms with van der Waals surface area (Å²) in [6.07, 6.45) is 0. The van der Waals surface area contributed by atoms with Gasteiger partial charge in [0.2, 0.25) is 0 Å². The Labute approximate surface area is 178 Å². The van der Waals surface area contributed by atoms with Gasteiger partial charge >= 0.3 is 0 Å². The minimum absolute atomic E-state index is 0.0972. The van der Waals surface area contributed by atoms with Crippen molar-refractivity contribution < 1.29 is 19.1 Å². The van der Waals surface area contributed by atoms with E-state index in [9.17, 15) is 9.59 Å². The molecule has 2 heterocycles. The summed E-state index contributed by atoms with van der Waals surface area (Å²) >= 11 is 1.40. The van der Waals surface area contributed by atoms with Gasteiger partial charge in [-0.2, -0.15) is 0 Å². The topological polar surface area (TPSA) is 76.7 Å². The SMILES string of the molecule is CC(NC(=O)c1ccc(CNC(=O)c2cccs2)cc1)c1ccc2c(c1)OCCO2. The van der Waals surface area contributed by atoms with Gasteiger partial charge in [0.1, 0.15) is 13.2 Å². The summed E-state index contributed by atoms with van der Waals surface area (Å²) in [6, 6.07) is 16.4. The van der Waals surface area contributed by atoms with Crippen LogP contribution in [-0.2, 0) is 6.54 Å². The van der Waals surface area contributed by atoms with Crippen LogP contribution in [0.1, 0.15) is 44.1 Å². The Morgan fingerprint density at radius 1 is 1.00 bits per heavy atom. The maximum absolute atomic E-state index is 12.6. The van der Waals surface area contributed by atoms with E-state index in [4.69, 9.17) is 9.47 Å². The van der Waals surface area contributed by atoms with Crippen molar-refractivity contribution in [2.24, 2.45) is 0 Å². The van der Waals surface area contributed by atoms with Crippen LogP contribution in [0.25, 0.3) is 0 Å². The second kappa shape index (κ2) is 9.00. The molecule has 0 fully saturated rings. The minimum Gasteiger partial charge on any atom is -0.486 e. The van der Waals surface area contributed by atoms with E-state index in [0.29, 0.717) is 35.9 Å². The van der Waals surface area contributed by atoms with Crippen molar-refractivity contribution in [3.63, 3.8) is 0 Å². The van der Waals surface area contributed by atoms with E-state index in [1.165, 1.54) is 11.3 Å². The third-order valence-electron chi connectivity index (χ3n) is 4.83. The number of nitrogens with one attached hydrogen (secondary N) is 2. The van der Waals surface area contributed by atoms with Crippen molar-refractivity contribution in [3.8, 4) is 11.5 Å². The standard InChI is InChI=1S/C23H22N2O4S/c1-15(18-8-9-19-20(13-18)29-11-10-28-19)25-22(26)17-6-4-16(5-7-17)14-24-23(27)21-3-2-12-30-21/h2-9,12-13,15H,10-11,14H2,1H3,(H,24,27)(H,25,26). The molecule has 0 saturated heterocycles. The third kappa shape index (κ3) is 4.63. The molecule has 7 heteroatoms. The van der Waals surface area contributed by atoms with Crippen molar-refractivity contribution in [1.82, 2.24) is 10.6 Å². The maximum atomic E-state index is 12.6. The molecule has 0 saturated carbocycles. The quantitative estimate of drug-likeness (QED) is 0.631. The van der Waals surface area contributed by atoms with Crippen LogP contribution < -0.4 is 20.1 Å². The lowest BCUT2D eigenvalue weighted by molar-refractivity contribution is 0.0935. The van der Waals surface area contributed by atoms with Crippen LogP contribution in [0.2, 0.25) is 0 Å². The highest BCUT2D eigenvalue weighted by atomic mass is 32.1. The first kappa shape index (κ1) is 20.0. The molecule has 30 heavy (non-hydrogen) atoms. The fraction of sp³-hybridized carbons (Fsp3) is 0.217. The second-order valence-electron chi connectivity index (χ2n) is 6.96. The van der Waals surface area contributed by atoms with E-state index in [1.54, 1.807) is 18.2 Å². The van der Waals surface area contributed by atoms with Gasteiger partial charge in [-0.15, -0.1) is 11.3 Å². The fourth-order valence-electron chi connectivity index (χ4n) is 3.14. The van der Waals surface area contributed by atoms with Gasteiger partial charge in [-0.25, -0.2) is 0 Å². The van der Waals surface area contributed by atoms with Gasteiger partial charge in [0, 0.05) is 12.1 Å². The molecule has 3 aromatic rings. The molecule has 1 aliphatic heterocycles. The van der Waals surface area contributed by atoms with E-state index in [2.05, 4.69) is 10.6 Å². The van der Waals surface area contributed by atoms with Crippen LogP contribution in [0, 0.1) is 0 Å². The molecule has 0 radical (unpaired) electrons. The number of ether oxygens (including phenoxy) is 2. The van der Waals surface area contributed by atoms with Gasteiger partial charge in [-0.3, -0.25) is 9.59 Å². The molecule has 1 aromatic heterocycles. The van der Waals surface area contributed by atoms with E-state index in [1.807, 2.05) is 48.7 Å². The Kier molecular flexibility index (Phi) is 5.99. The summed E-state index contributed by atoms with van der Waals surface area (Å²) in [4.78, 5) is 25.3. The summed E-state index contributed by atoms with van der Waals surface area (Å²) in [5, 5.41) is 7.75. The molecule has 1 aliphatic rings. The van der Waals surface area contributed by atoms with Crippen LogP contribution in [-0.4, -0.2) is 25.0 Å². The number of thiophene rings is 1. The molecular formula is C23H22N2O4S. The Morgan fingerprint density at radius 2 is 1.77 bits per heavy atom. The molecule has 0 aliphatic carbocycles. The third-order valence-corrected chi connectivity index (χ3v) is 5.70. The summed E-state index contributed by atoms with van der Waals surface area (Å²) < 4.78 is 11.2. The number of carbonyl (C=O) groups is 2. The molecule has 6 nitrogen and oxygen atoms in total. The van der Waals surface area contributed by atoms with Crippen LogP contribution in [0.3, 0.4) is 0 Å². The zero-order valence-corrected chi connectivity index (χ0v) is 17.3.